The number of nitrogens with zero attached hydrogens (tertiary/aromatic N) is 3. The van der Waals surface area contributed by atoms with Crippen molar-refractivity contribution in [3.8, 4) is 0 Å². The largest absolute Gasteiger partial charge is 0.471 e. The Balaban J connectivity index is 1.82. The Labute approximate surface area is 173 Å². The highest BCUT2D eigenvalue weighted by Crippen LogP contribution is 2.53. The number of carbonyl (C=O) groups excluding carboxylic acids is 2. The molecule has 1 amide bonds. The second-order valence-electron chi connectivity index (χ2n) is 7.43. The highest BCUT2D eigenvalue weighted by Gasteiger charge is 2.55. The van der Waals surface area contributed by atoms with Gasteiger partial charge in [0.15, 0.2) is 5.78 Å². The molecule has 4 heterocycles. The van der Waals surface area contributed by atoms with Crippen LogP contribution in [0.5, 0.6) is 0 Å². The summed E-state index contributed by atoms with van der Waals surface area (Å²) in [5.41, 5.74) is -0.0803. The summed E-state index contributed by atoms with van der Waals surface area (Å²) in [7, 11) is 1.65. The minimum Gasteiger partial charge on any atom is -0.361 e. The van der Waals surface area contributed by atoms with Crippen molar-refractivity contribution < 1.29 is 27.5 Å². The van der Waals surface area contributed by atoms with Gasteiger partial charge in [-0.25, -0.2) is 0 Å². The molecule has 1 fully saturated rings. The number of aryl methyl sites for hydroxylation is 1. The third-order valence-corrected chi connectivity index (χ3v) is 6.89. The molecule has 29 heavy (non-hydrogen) atoms. The number of rotatable bonds is 1. The predicted molar refractivity (Wildman–Crippen MR) is 98.8 cm³/mol. The fourth-order valence-corrected chi connectivity index (χ4v) is 5.72. The summed E-state index contributed by atoms with van der Waals surface area (Å²) in [5, 5.41) is 4.05. The van der Waals surface area contributed by atoms with Gasteiger partial charge in [0.25, 0.3) is 0 Å². The van der Waals surface area contributed by atoms with E-state index in [-0.39, 0.29) is 25.2 Å². The number of ketones is 1. The van der Waals surface area contributed by atoms with Crippen molar-refractivity contribution in [3.05, 3.63) is 38.8 Å². The van der Waals surface area contributed by atoms with E-state index in [4.69, 9.17) is 16.3 Å². The standard InChI is InChI=1S/C18H17ClF3N3O3S/c1-9-4-17(15-11(3-14(19)29-15)13(26)8-28-17)5-12(10-6-23-24(2)7-10)25(9)16(27)18(20,21)22/h3,6-7,9,12H,4-5,8H2,1-2H3. The normalized spacial score (nSPS) is 27.4. The number of thiophene rings is 1. The molecule has 2 aromatic heterocycles. The van der Waals surface area contributed by atoms with Crippen molar-refractivity contribution in [1.29, 1.82) is 0 Å². The molecule has 1 spiro atoms. The fraction of sp³-hybridized carbons (Fsp3) is 0.500. The van der Waals surface area contributed by atoms with Gasteiger partial charge in [-0.2, -0.15) is 18.3 Å². The molecule has 0 bridgehead atoms. The van der Waals surface area contributed by atoms with Crippen LogP contribution in [0.4, 0.5) is 13.2 Å². The van der Waals surface area contributed by atoms with Crippen molar-refractivity contribution in [2.24, 2.45) is 7.05 Å². The maximum atomic E-state index is 13.3. The second kappa shape index (κ2) is 6.82. The first-order valence-electron chi connectivity index (χ1n) is 8.87. The summed E-state index contributed by atoms with van der Waals surface area (Å²) in [5.74, 6) is -2.11. The summed E-state index contributed by atoms with van der Waals surface area (Å²) in [6.07, 6.45) is -1.77. The molecule has 3 atom stereocenters. The van der Waals surface area contributed by atoms with Crippen molar-refractivity contribution in [1.82, 2.24) is 14.7 Å². The summed E-state index contributed by atoms with van der Waals surface area (Å²) >= 11 is 7.33. The Morgan fingerprint density at radius 2 is 2.14 bits per heavy atom. The smallest absolute Gasteiger partial charge is 0.361 e. The molecule has 0 aromatic carbocycles. The number of aromatic nitrogens is 2. The number of likely N-dealkylation sites (tertiary alicyclic amines) is 1. The lowest BCUT2D eigenvalue weighted by atomic mass is 9.77. The van der Waals surface area contributed by atoms with Gasteiger partial charge >= 0.3 is 12.1 Å². The Hall–Kier alpha value is -1.91. The Bertz CT molecular complexity index is 989. The maximum Gasteiger partial charge on any atom is 0.471 e. The van der Waals surface area contributed by atoms with Crippen LogP contribution in [0.1, 0.15) is 46.6 Å². The molecule has 0 saturated carbocycles. The first kappa shape index (κ1) is 20.4. The van der Waals surface area contributed by atoms with Crippen LogP contribution in [-0.2, 0) is 22.2 Å². The molecule has 0 aliphatic carbocycles. The van der Waals surface area contributed by atoms with Gasteiger partial charge in [-0.1, -0.05) is 11.6 Å². The Kier molecular flexibility index (Phi) is 4.79. The SMILES string of the molecule is CC1CC2(CC(c3cnn(C)c3)N1C(=O)C(F)(F)F)OCC(=O)c1cc(Cl)sc12. The lowest BCUT2D eigenvalue weighted by Gasteiger charge is -2.50. The van der Waals surface area contributed by atoms with E-state index in [1.54, 1.807) is 26.2 Å². The van der Waals surface area contributed by atoms with E-state index in [0.717, 1.165) is 4.90 Å². The Morgan fingerprint density at radius 3 is 2.76 bits per heavy atom. The number of Topliss-reactive ketones (excluding diaryl/α,β-unsaturated/α-hetero) is 1. The molecule has 4 rings (SSSR count). The van der Waals surface area contributed by atoms with Gasteiger partial charge in [0.05, 0.1) is 16.6 Å². The van der Waals surface area contributed by atoms with Crippen LogP contribution in [-0.4, -0.2) is 45.2 Å². The van der Waals surface area contributed by atoms with Crippen LogP contribution < -0.4 is 0 Å². The molecule has 3 unspecified atom stereocenters. The van der Waals surface area contributed by atoms with E-state index in [9.17, 15) is 22.8 Å². The van der Waals surface area contributed by atoms with E-state index in [0.29, 0.717) is 20.3 Å². The molecule has 0 N–H and O–H groups in total. The van der Waals surface area contributed by atoms with Crippen LogP contribution in [0.2, 0.25) is 4.34 Å². The van der Waals surface area contributed by atoms with Crippen LogP contribution in [0.25, 0.3) is 0 Å². The Morgan fingerprint density at radius 1 is 1.41 bits per heavy atom. The van der Waals surface area contributed by atoms with E-state index >= 15 is 0 Å². The third kappa shape index (κ3) is 3.36. The van der Waals surface area contributed by atoms with Crippen LogP contribution >= 0.6 is 22.9 Å². The van der Waals surface area contributed by atoms with Crippen LogP contribution in [0.3, 0.4) is 0 Å². The van der Waals surface area contributed by atoms with Crippen LogP contribution in [0.15, 0.2) is 18.5 Å². The maximum absolute atomic E-state index is 13.3. The third-order valence-electron chi connectivity index (χ3n) is 5.44. The number of carbonyl (C=O) groups is 2. The van der Waals surface area contributed by atoms with Gasteiger partial charge in [-0.15, -0.1) is 11.3 Å². The molecule has 6 nitrogen and oxygen atoms in total. The average Bonchev–Trinajstić information content (AvgIpc) is 3.23. The van der Waals surface area contributed by atoms with Crippen molar-refractivity contribution in [3.63, 3.8) is 0 Å². The lowest BCUT2D eigenvalue weighted by molar-refractivity contribution is -0.200. The summed E-state index contributed by atoms with van der Waals surface area (Å²) < 4.78 is 47.8. The number of fused-ring (bicyclic) bond motifs is 2. The minimum absolute atomic E-state index is 0.0714. The minimum atomic E-state index is -5.00. The molecule has 0 radical (unpaired) electrons. The van der Waals surface area contributed by atoms with Gasteiger partial charge in [0, 0.05) is 48.1 Å². The van der Waals surface area contributed by atoms with Crippen molar-refractivity contribution in [2.75, 3.05) is 6.61 Å². The highest BCUT2D eigenvalue weighted by atomic mass is 35.5. The lowest BCUT2D eigenvalue weighted by Crippen LogP contribution is -2.56. The summed E-state index contributed by atoms with van der Waals surface area (Å²) in [4.78, 5) is 26.0. The van der Waals surface area contributed by atoms with Crippen LogP contribution in [0, 0.1) is 0 Å². The molecule has 156 valence electrons. The van der Waals surface area contributed by atoms with E-state index in [1.165, 1.54) is 22.2 Å². The second-order valence-corrected chi connectivity index (χ2v) is 9.11. The van der Waals surface area contributed by atoms with Gasteiger partial charge in [-0.3, -0.25) is 14.3 Å². The zero-order valence-corrected chi connectivity index (χ0v) is 17.1. The molecule has 1 saturated heterocycles. The quantitative estimate of drug-likeness (QED) is 0.666. The predicted octanol–water partition coefficient (Wildman–Crippen LogP) is 3.86. The summed E-state index contributed by atoms with van der Waals surface area (Å²) in [6.45, 7) is 1.38. The highest BCUT2D eigenvalue weighted by molar-refractivity contribution is 7.16. The molecule has 2 aliphatic rings. The average molecular weight is 448 g/mol. The molecular weight excluding hydrogens is 431 g/mol. The number of hydrogen-bond donors (Lipinski definition) is 0. The monoisotopic (exact) mass is 447 g/mol. The van der Waals surface area contributed by atoms with Crippen molar-refractivity contribution >= 4 is 34.6 Å². The molecule has 2 aromatic rings. The number of alkyl halides is 3. The molecule has 2 aliphatic heterocycles. The molecule has 11 heteroatoms. The molecular formula is C18H17ClF3N3O3S. The zero-order chi connectivity index (χ0) is 21.1. The van der Waals surface area contributed by atoms with Gasteiger partial charge < -0.3 is 9.64 Å². The zero-order valence-electron chi connectivity index (χ0n) is 15.5. The number of hydrogen-bond acceptors (Lipinski definition) is 5. The topological polar surface area (TPSA) is 64.4 Å². The van der Waals surface area contributed by atoms with Gasteiger partial charge in [0.2, 0.25) is 0 Å². The van der Waals surface area contributed by atoms with Gasteiger partial charge in [-0.05, 0) is 13.0 Å². The number of amides is 1. The van der Waals surface area contributed by atoms with Gasteiger partial charge in [0.1, 0.15) is 12.2 Å². The number of piperidine rings is 1. The first-order chi connectivity index (χ1) is 13.5. The summed E-state index contributed by atoms with van der Waals surface area (Å²) in [6, 6.07) is -0.126. The van der Waals surface area contributed by atoms with E-state index < -0.39 is 29.8 Å². The first-order valence-corrected chi connectivity index (χ1v) is 10.1. The number of ether oxygens (including phenoxy) is 1. The van der Waals surface area contributed by atoms with E-state index in [1.807, 2.05) is 0 Å². The van der Waals surface area contributed by atoms with E-state index in [2.05, 4.69) is 5.10 Å². The number of halogens is 4. The fourth-order valence-electron chi connectivity index (χ4n) is 4.31. The van der Waals surface area contributed by atoms with Crippen molar-refractivity contribution in [2.45, 2.75) is 43.6 Å².